The van der Waals surface area contributed by atoms with E-state index in [1.165, 1.54) is 109 Å². The fraction of sp³-hybridized carbons (Fsp3) is 0.938. The zero-order valence-corrected chi connectivity index (χ0v) is 56.3. The summed E-state index contributed by atoms with van der Waals surface area (Å²) in [5.74, 6) is 0.788. The summed E-state index contributed by atoms with van der Waals surface area (Å²) in [6.45, 7) is 14.0. The van der Waals surface area contributed by atoms with Crippen LogP contribution in [0.1, 0.15) is 312 Å². The highest BCUT2D eigenvalue weighted by Gasteiger charge is 2.30. The minimum absolute atomic E-state index is 0.102. The van der Waals surface area contributed by atoms with E-state index in [0.29, 0.717) is 31.6 Å². The molecule has 0 amide bonds. The Balaban J connectivity index is 5.25. The molecular weight excluding hydrogens is 1110 g/mol. The molecule has 0 heterocycles. The third-order valence-electron chi connectivity index (χ3n) is 15.5. The molecule has 0 rings (SSSR count). The van der Waals surface area contributed by atoms with E-state index in [9.17, 15) is 43.2 Å². The van der Waals surface area contributed by atoms with Gasteiger partial charge in [0.05, 0.1) is 26.4 Å². The molecule has 84 heavy (non-hydrogen) atoms. The first-order chi connectivity index (χ1) is 40.2. The van der Waals surface area contributed by atoms with Gasteiger partial charge >= 0.3 is 39.5 Å². The van der Waals surface area contributed by atoms with Gasteiger partial charge in [0, 0.05) is 25.7 Å². The molecule has 0 fully saturated rings. The van der Waals surface area contributed by atoms with E-state index in [1.54, 1.807) is 0 Å². The largest absolute Gasteiger partial charge is 0.472 e. The lowest BCUT2D eigenvalue weighted by molar-refractivity contribution is -0.161. The molecule has 0 aromatic heterocycles. The molecule has 17 nitrogen and oxygen atoms in total. The van der Waals surface area contributed by atoms with Crippen LogP contribution < -0.4 is 0 Å². The Kier molecular flexibility index (Phi) is 53.9. The van der Waals surface area contributed by atoms with Gasteiger partial charge in [-0.05, 0) is 49.4 Å². The van der Waals surface area contributed by atoms with Gasteiger partial charge in [-0.3, -0.25) is 37.3 Å². The van der Waals surface area contributed by atoms with Gasteiger partial charge in [-0.15, -0.1) is 0 Å². The Hall–Kier alpha value is -1.94. The quantitative estimate of drug-likeness (QED) is 0.0222. The molecule has 0 aliphatic rings. The Labute approximate surface area is 511 Å². The van der Waals surface area contributed by atoms with Gasteiger partial charge in [0.25, 0.3) is 0 Å². The lowest BCUT2D eigenvalue weighted by atomic mass is 9.99. The van der Waals surface area contributed by atoms with Crippen molar-refractivity contribution in [2.45, 2.75) is 331 Å². The molecule has 3 N–H and O–H groups in total. The number of carbonyl (C=O) groups is 4. The molecule has 0 aliphatic carbocycles. The van der Waals surface area contributed by atoms with Crippen molar-refractivity contribution < 1.29 is 80.2 Å². The second-order valence-corrected chi connectivity index (χ2v) is 27.8. The number of aliphatic hydroxyl groups is 1. The minimum atomic E-state index is -4.95. The van der Waals surface area contributed by atoms with Crippen molar-refractivity contribution in [2.24, 2.45) is 23.7 Å². The predicted molar refractivity (Wildman–Crippen MR) is 335 cm³/mol. The van der Waals surface area contributed by atoms with Gasteiger partial charge in [0.15, 0.2) is 12.2 Å². The van der Waals surface area contributed by atoms with Gasteiger partial charge in [0.1, 0.15) is 19.3 Å². The average molecular weight is 1240 g/mol. The van der Waals surface area contributed by atoms with Crippen LogP contribution in [0.5, 0.6) is 0 Å². The first-order valence-corrected chi connectivity index (χ1v) is 36.8. The van der Waals surface area contributed by atoms with Crippen molar-refractivity contribution in [3.8, 4) is 0 Å². The summed E-state index contributed by atoms with van der Waals surface area (Å²) in [4.78, 5) is 72.2. The van der Waals surface area contributed by atoms with E-state index < -0.39 is 97.5 Å². The van der Waals surface area contributed by atoms with Crippen molar-refractivity contribution in [3.05, 3.63) is 0 Å². The number of ether oxygens (including phenoxy) is 4. The van der Waals surface area contributed by atoms with Gasteiger partial charge in [-0.1, -0.05) is 261 Å². The Morgan fingerprint density at radius 1 is 0.333 bits per heavy atom. The average Bonchev–Trinajstić information content (AvgIpc) is 3.58. The van der Waals surface area contributed by atoms with E-state index >= 15 is 0 Å². The number of rotatable bonds is 62. The number of unbranched alkanes of at least 4 members (excludes halogenated alkanes) is 26. The lowest BCUT2D eigenvalue weighted by Gasteiger charge is -2.21. The first kappa shape index (κ1) is 82.1. The lowest BCUT2D eigenvalue weighted by Crippen LogP contribution is -2.30. The van der Waals surface area contributed by atoms with Crippen molar-refractivity contribution in [3.63, 3.8) is 0 Å². The van der Waals surface area contributed by atoms with Crippen LogP contribution in [-0.4, -0.2) is 96.7 Å². The third-order valence-corrected chi connectivity index (χ3v) is 17.4. The molecule has 0 saturated heterocycles. The molecule has 4 unspecified atom stereocenters. The number of hydrogen-bond acceptors (Lipinski definition) is 15. The van der Waals surface area contributed by atoms with Crippen LogP contribution in [0.15, 0.2) is 0 Å². The molecule has 0 aromatic carbocycles. The van der Waals surface area contributed by atoms with Crippen LogP contribution in [0.3, 0.4) is 0 Å². The first-order valence-electron chi connectivity index (χ1n) is 33.8. The summed E-state index contributed by atoms with van der Waals surface area (Å²) < 4.78 is 68.0. The topological polar surface area (TPSA) is 237 Å². The SMILES string of the molecule is CCC(C)CCCCCCCCCCCCC(=O)O[C@H](COC(=O)CCCCCCCCC(C)C)COP(=O)(O)OC[C@H](O)COP(=O)(O)OC[C@@H](COC(=O)CCCCCCCCCCC(C)C)OC(=O)CCCCCCCCC(C)CC. The highest BCUT2D eigenvalue weighted by molar-refractivity contribution is 7.47. The van der Waals surface area contributed by atoms with Gasteiger partial charge < -0.3 is 33.8 Å². The molecule has 0 saturated carbocycles. The van der Waals surface area contributed by atoms with Crippen molar-refractivity contribution in [1.82, 2.24) is 0 Å². The summed E-state index contributed by atoms with van der Waals surface area (Å²) >= 11 is 0. The van der Waals surface area contributed by atoms with E-state index in [2.05, 4.69) is 55.4 Å². The number of esters is 4. The Morgan fingerprint density at radius 3 is 0.845 bits per heavy atom. The summed E-state index contributed by atoms with van der Waals surface area (Å²) in [5, 5.41) is 10.5. The van der Waals surface area contributed by atoms with E-state index in [4.69, 9.17) is 37.0 Å². The standard InChI is InChI=1S/C65H126O17P2/c1-9-57(7)43-35-27-18-13-11-12-14-20-31-39-47-64(69)81-60(52-76-63(68)46-38-30-23-21-26-34-42-56(5)6)53-79-83(71,72)77-49-59(66)50-78-84(73,74)80-54-61(82-65(70)48-40-32-24-22-28-36-44-58(8)10-2)51-75-62(67)45-37-29-19-16-15-17-25-33-41-55(3)4/h55-61,66H,9-54H2,1-8H3,(H,71,72)(H,73,74)/t57?,58?,59-,60+,61+/m0/s1. The van der Waals surface area contributed by atoms with Crippen LogP contribution in [0.2, 0.25) is 0 Å². The van der Waals surface area contributed by atoms with Crippen LogP contribution in [0.4, 0.5) is 0 Å². The second kappa shape index (κ2) is 55.2. The Bertz CT molecular complexity index is 1680. The smallest absolute Gasteiger partial charge is 0.462 e. The summed E-state index contributed by atoms with van der Waals surface area (Å²) in [5.41, 5.74) is 0. The summed E-state index contributed by atoms with van der Waals surface area (Å²) in [6.07, 6.45) is 35.0. The number of phosphoric acid groups is 2. The minimum Gasteiger partial charge on any atom is -0.462 e. The molecule has 0 radical (unpaired) electrons. The predicted octanol–water partition coefficient (Wildman–Crippen LogP) is 17.8. The van der Waals surface area contributed by atoms with Crippen molar-refractivity contribution >= 4 is 39.5 Å². The van der Waals surface area contributed by atoms with E-state index in [-0.39, 0.29) is 25.7 Å². The Morgan fingerprint density at radius 2 is 0.571 bits per heavy atom. The van der Waals surface area contributed by atoms with Crippen LogP contribution in [0.25, 0.3) is 0 Å². The normalized spacial score (nSPS) is 15.1. The number of hydrogen-bond donors (Lipinski definition) is 3. The molecule has 498 valence electrons. The fourth-order valence-corrected chi connectivity index (χ4v) is 11.1. The van der Waals surface area contributed by atoms with Gasteiger partial charge in [-0.25, -0.2) is 9.13 Å². The fourth-order valence-electron chi connectivity index (χ4n) is 9.54. The molecule has 7 atom stereocenters. The highest BCUT2D eigenvalue weighted by Crippen LogP contribution is 2.45. The monoisotopic (exact) mass is 1240 g/mol. The summed E-state index contributed by atoms with van der Waals surface area (Å²) in [6, 6.07) is 0. The maximum atomic E-state index is 13.0. The zero-order chi connectivity index (χ0) is 62.5. The molecule has 0 spiro atoms. The van der Waals surface area contributed by atoms with Crippen LogP contribution in [0, 0.1) is 23.7 Å². The number of carbonyl (C=O) groups excluding carboxylic acids is 4. The number of aliphatic hydroxyl groups excluding tert-OH is 1. The molecular formula is C65H126O17P2. The molecule has 0 bridgehead atoms. The third kappa shape index (κ3) is 56.6. The molecule has 19 heteroatoms. The van der Waals surface area contributed by atoms with E-state index in [0.717, 1.165) is 114 Å². The number of phosphoric ester groups is 2. The van der Waals surface area contributed by atoms with Crippen LogP contribution >= 0.6 is 15.6 Å². The molecule has 0 aliphatic heterocycles. The zero-order valence-electron chi connectivity index (χ0n) is 54.5. The van der Waals surface area contributed by atoms with Crippen LogP contribution in [-0.2, 0) is 65.4 Å². The summed E-state index contributed by atoms with van der Waals surface area (Å²) in [7, 11) is -9.89. The van der Waals surface area contributed by atoms with Gasteiger partial charge in [0.2, 0.25) is 0 Å². The van der Waals surface area contributed by atoms with E-state index in [1.807, 2.05) is 0 Å². The van der Waals surface area contributed by atoms with Crippen molar-refractivity contribution in [1.29, 1.82) is 0 Å². The second-order valence-electron chi connectivity index (χ2n) is 24.9. The maximum Gasteiger partial charge on any atom is 0.472 e. The van der Waals surface area contributed by atoms with Gasteiger partial charge in [-0.2, -0.15) is 0 Å². The van der Waals surface area contributed by atoms with Crippen molar-refractivity contribution in [2.75, 3.05) is 39.6 Å². The highest BCUT2D eigenvalue weighted by atomic mass is 31.2. The maximum absolute atomic E-state index is 13.0. The molecule has 0 aromatic rings.